The molecule has 0 amide bonds. The van der Waals surface area contributed by atoms with Crippen molar-refractivity contribution in [3.05, 3.63) is 40.9 Å². The van der Waals surface area contributed by atoms with Gasteiger partial charge in [-0.25, -0.2) is 0 Å². The minimum absolute atomic E-state index is 0.606. The zero-order chi connectivity index (χ0) is 12.3. The number of para-hydroxylation sites is 1. The largest absolute Gasteiger partial charge is 0.354 e. The van der Waals surface area contributed by atoms with Gasteiger partial charge in [-0.2, -0.15) is 0 Å². The molecule has 0 bridgehead atoms. The summed E-state index contributed by atoms with van der Waals surface area (Å²) in [7, 11) is 0. The highest BCUT2D eigenvalue weighted by Gasteiger charge is 2.20. The lowest BCUT2D eigenvalue weighted by Crippen LogP contribution is -2.39. The standard InChI is InChI=1S/C12H13Cl2N3/c1-2-8-17(12-15-6-7-16-12)11-9(13)4-3-5-10(11)14/h2-5H,1,6-8H2,(H,15,16). The monoisotopic (exact) mass is 269 g/mol. The Balaban J connectivity index is 2.41. The van der Waals surface area contributed by atoms with E-state index in [2.05, 4.69) is 16.9 Å². The molecule has 17 heavy (non-hydrogen) atoms. The first-order valence-corrected chi connectivity index (χ1v) is 6.10. The van der Waals surface area contributed by atoms with E-state index >= 15 is 0 Å². The van der Waals surface area contributed by atoms with Crippen LogP contribution in [0.3, 0.4) is 0 Å². The van der Waals surface area contributed by atoms with Crippen LogP contribution in [0.2, 0.25) is 10.0 Å². The van der Waals surface area contributed by atoms with Crippen LogP contribution in [0, 0.1) is 0 Å². The predicted molar refractivity (Wildman–Crippen MR) is 74.3 cm³/mol. The van der Waals surface area contributed by atoms with E-state index in [1.54, 1.807) is 6.08 Å². The van der Waals surface area contributed by atoms with Gasteiger partial charge in [0.1, 0.15) is 0 Å². The number of rotatable bonds is 3. The highest BCUT2D eigenvalue weighted by Crippen LogP contribution is 2.33. The molecule has 0 spiro atoms. The van der Waals surface area contributed by atoms with Crippen LogP contribution >= 0.6 is 23.2 Å². The summed E-state index contributed by atoms with van der Waals surface area (Å²) in [6.45, 7) is 5.96. The number of halogens is 2. The smallest absolute Gasteiger partial charge is 0.199 e. The fourth-order valence-electron chi connectivity index (χ4n) is 1.73. The number of hydrogen-bond donors (Lipinski definition) is 1. The first kappa shape index (κ1) is 12.3. The van der Waals surface area contributed by atoms with Crippen LogP contribution in [-0.2, 0) is 0 Å². The Labute approximate surface area is 111 Å². The van der Waals surface area contributed by atoms with Crippen molar-refractivity contribution in [2.75, 3.05) is 24.5 Å². The maximum Gasteiger partial charge on any atom is 0.199 e. The topological polar surface area (TPSA) is 27.6 Å². The highest BCUT2D eigenvalue weighted by molar-refractivity contribution is 6.40. The normalized spacial score (nSPS) is 14.1. The molecule has 3 nitrogen and oxygen atoms in total. The average Bonchev–Trinajstić information content (AvgIpc) is 2.80. The summed E-state index contributed by atoms with van der Waals surface area (Å²) in [6, 6.07) is 5.45. The fourth-order valence-corrected chi connectivity index (χ4v) is 2.33. The number of nitrogens with one attached hydrogen (secondary N) is 1. The second-order valence-corrected chi connectivity index (χ2v) is 4.42. The van der Waals surface area contributed by atoms with Crippen molar-refractivity contribution in [3.63, 3.8) is 0 Å². The Bertz CT molecular complexity index is 437. The molecular formula is C12H13Cl2N3. The molecule has 1 aliphatic heterocycles. The predicted octanol–water partition coefficient (Wildman–Crippen LogP) is 2.95. The van der Waals surface area contributed by atoms with Crippen LogP contribution in [0.4, 0.5) is 5.69 Å². The molecule has 1 aliphatic rings. The van der Waals surface area contributed by atoms with Gasteiger partial charge in [-0.1, -0.05) is 35.3 Å². The number of benzene rings is 1. The average molecular weight is 270 g/mol. The molecule has 1 aromatic rings. The first-order valence-electron chi connectivity index (χ1n) is 5.35. The molecule has 1 N–H and O–H groups in total. The van der Waals surface area contributed by atoms with Gasteiger partial charge in [0.2, 0.25) is 0 Å². The fraction of sp³-hybridized carbons (Fsp3) is 0.250. The Morgan fingerprint density at radius 1 is 1.41 bits per heavy atom. The summed E-state index contributed by atoms with van der Waals surface area (Å²) in [5.74, 6) is 0.792. The minimum atomic E-state index is 0.606. The third-order valence-corrected chi connectivity index (χ3v) is 3.04. The molecule has 0 aliphatic carbocycles. The zero-order valence-electron chi connectivity index (χ0n) is 9.29. The van der Waals surface area contributed by atoms with Gasteiger partial charge < -0.3 is 10.2 Å². The molecule has 5 heteroatoms. The van der Waals surface area contributed by atoms with Gasteiger partial charge in [0.15, 0.2) is 5.96 Å². The summed E-state index contributed by atoms with van der Waals surface area (Å²) >= 11 is 12.4. The van der Waals surface area contributed by atoms with Gasteiger partial charge in [-0.05, 0) is 12.1 Å². The van der Waals surface area contributed by atoms with Crippen molar-refractivity contribution in [1.82, 2.24) is 5.32 Å². The van der Waals surface area contributed by atoms with E-state index in [0.29, 0.717) is 16.6 Å². The molecule has 0 atom stereocenters. The summed E-state index contributed by atoms with van der Waals surface area (Å²) in [6.07, 6.45) is 1.79. The third-order valence-electron chi connectivity index (χ3n) is 2.43. The number of anilines is 1. The lowest BCUT2D eigenvalue weighted by atomic mass is 10.3. The van der Waals surface area contributed by atoms with E-state index in [1.807, 2.05) is 23.1 Å². The lowest BCUT2D eigenvalue weighted by Gasteiger charge is -2.25. The van der Waals surface area contributed by atoms with E-state index in [1.165, 1.54) is 0 Å². The maximum atomic E-state index is 6.20. The summed E-state index contributed by atoms with van der Waals surface area (Å²) in [5.41, 5.74) is 0.767. The van der Waals surface area contributed by atoms with Crippen LogP contribution in [0.1, 0.15) is 0 Å². The van der Waals surface area contributed by atoms with Crippen molar-refractivity contribution in [2.24, 2.45) is 4.99 Å². The van der Waals surface area contributed by atoms with E-state index < -0.39 is 0 Å². The number of guanidine groups is 1. The van der Waals surface area contributed by atoms with Gasteiger partial charge in [-0.15, -0.1) is 6.58 Å². The van der Waals surface area contributed by atoms with Crippen LogP contribution in [0.5, 0.6) is 0 Å². The first-order chi connectivity index (χ1) is 8.24. The van der Waals surface area contributed by atoms with E-state index in [-0.39, 0.29) is 0 Å². The van der Waals surface area contributed by atoms with Crippen molar-refractivity contribution in [2.45, 2.75) is 0 Å². The quantitative estimate of drug-likeness (QED) is 0.855. The lowest BCUT2D eigenvalue weighted by molar-refractivity contribution is 0.945. The molecular weight excluding hydrogens is 257 g/mol. The van der Waals surface area contributed by atoms with Gasteiger partial charge >= 0.3 is 0 Å². The third kappa shape index (κ3) is 2.56. The van der Waals surface area contributed by atoms with Crippen LogP contribution in [0.25, 0.3) is 0 Å². The second kappa shape index (κ2) is 5.43. The highest BCUT2D eigenvalue weighted by atomic mass is 35.5. The Kier molecular flexibility index (Phi) is 3.92. The number of aliphatic imine (C=N–C) groups is 1. The summed E-state index contributed by atoms with van der Waals surface area (Å²) in [4.78, 5) is 6.31. The van der Waals surface area contributed by atoms with Crippen molar-refractivity contribution < 1.29 is 0 Å². The van der Waals surface area contributed by atoms with Gasteiger partial charge in [0.25, 0.3) is 0 Å². The minimum Gasteiger partial charge on any atom is -0.354 e. The number of nitrogens with zero attached hydrogens (tertiary/aromatic N) is 2. The molecule has 1 aromatic carbocycles. The molecule has 2 rings (SSSR count). The Morgan fingerprint density at radius 2 is 2.12 bits per heavy atom. The molecule has 0 aromatic heterocycles. The van der Waals surface area contributed by atoms with E-state index in [0.717, 1.165) is 24.7 Å². The van der Waals surface area contributed by atoms with Crippen LogP contribution in [-0.4, -0.2) is 25.6 Å². The van der Waals surface area contributed by atoms with Crippen molar-refractivity contribution >= 4 is 34.8 Å². The number of hydrogen-bond acceptors (Lipinski definition) is 3. The Morgan fingerprint density at radius 3 is 2.65 bits per heavy atom. The molecule has 0 radical (unpaired) electrons. The van der Waals surface area contributed by atoms with Gasteiger partial charge in [0, 0.05) is 13.1 Å². The molecule has 0 unspecified atom stereocenters. The SMILES string of the molecule is C=CCN(C1=NCCN1)c1c(Cl)cccc1Cl. The van der Waals surface area contributed by atoms with E-state index in [4.69, 9.17) is 23.2 Å². The maximum absolute atomic E-state index is 6.20. The van der Waals surface area contributed by atoms with Gasteiger partial charge in [-0.3, -0.25) is 4.99 Å². The molecule has 1 heterocycles. The molecule has 0 saturated carbocycles. The van der Waals surface area contributed by atoms with E-state index in [9.17, 15) is 0 Å². The summed E-state index contributed by atoms with van der Waals surface area (Å²) < 4.78 is 0. The van der Waals surface area contributed by atoms with Crippen LogP contribution in [0.15, 0.2) is 35.8 Å². The molecule has 90 valence electrons. The molecule has 0 saturated heterocycles. The van der Waals surface area contributed by atoms with Gasteiger partial charge in [0.05, 0.1) is 22.3 Å². The second-order valence-electron chi connectivity index (χ2n) is 3.60. The zero-order valence-corrected chi connectivity index (χ0v) is 10.8. The van der Waals surface area contributed by atoms with Crippen molar-refractivity contribution in [1.29, 1.82) is 0 Å². The summed E-state index contributed by atoms with van der Waals surface area (Å²) in [5, 5.41) is 4.42. The van der Waals surface area contributed by atoms with Crippen molar-refractivity contribution in [3.8, 4) is 0 Å². The van der Waals surface area contributed by atoms with Crippen LogP contribution < -0.4 is 10.2 Å². The molecule has 0 fully saturated rings. The Hall–Kier alpha value is -1.19.